The van der Waals surface area contributed by atoms with Crippen LogP contribution in [0.4, 0.5) is 0 Å². The third kappa shape index (κ3) is 4.27. The second-order valence-electron chi connectivity index (χ2n) is 7.19. The number of carbonyl (C=O) groups excluding carboxylic acids is 1. The Morgan fingerprint density at radius 2 is 1.88 bits per heavy atom. The van der Waals surface area contributed by atoms with Gasteiger partial charge in [-0.1, -0.05) is 13.0 Å². The van der Waals surface area contributed by atoms with E-state index in [1.54, 1.807) is 6.07 Å². The van der Waals surface area contributed by atoms with E-state index >= 15 is 0 Å². The smallest absolute Gasteiger partial charge is 0.251 e. The average Bonchev–Trinajstić information content (AvgIpc) is 2.94. The Bertz CT molecular complexity index is 887. The lowest BCUT2D eigenvalue weighted by Crippen LogP contribution is -2.38. The maximum Gasteiger partial charge on any atom is 0.251 e. The molecule has 1 aromatic carbocycles. The summed E-state index contributed by atoms with van der Waals surface area (Å²) in [6.45, 7) is 3.08. The van der Waals surface area contributed by atoms with Gasteiger partial charge in [0.2, 0.25) is 10.0 Å². The van der Waals surface area contributed by atoms with E-state index in [0.29, 0.717) is 25.4 Å². The van der Waals surface area contributed by atoms with Crippen molar-refractivity contribution in [2.45, 2.75) is 37.1 Å². The van der Waals surface area contributed by atoms with E-state index in [4.69, 9.17) is 0 Å². The second kappa shape index (κ2) is 7.28. The van der Waals surface area contributed by atoms with Gasteiger partial charge in [-0.05, 0) is 43.4 Å². The molecule has 2 fully saturated rings. The molecular formula is C17H24N2O5S2. The van der Waals surface area contributed by atoms with Crippen molar-refractivity contribution in [3.05, 3.63) is 29.8 Å². The number of carbonyl (C=O) groups is 1. The van der Waals surface area contributed by atoms with Crippen LogP contribution in [0.25, 0.3) is 0 Å². The average molecular weight is 401 g/mol. The van der Waals surface area contributed by atoms with E-state index in [1.807, 2.05) is 0 Å². The van der Waals surface area contributed by atoms with Gasteiger partial charge >= 0.3 is 0 Å². The van der Waals surface area contributed by atoms with Crippen LogP contribution in [0.5, 0.6) is 0 Å². The highest BCUT2D eigenvalue weighted by atomic mass is 32.2. The Kier molecular flexibility index (Phi) is 5.41. The van der Waals surface area contributed by atoms with Crippen molar-refractivity contribution in [1.29, 1.82) is 0 Å². The standard InChI is InChI=1S/C17H24N2O5S2/c1-13-5-8-19(9-6-13)26(23,24)16-4-2-3-14(11-16)17(20)18-15-7-10-25(21,22)12-15/h2-4,11,13,15H,5-10,12H2,1H3,(H,18,20). The Hall–Kier alpha value is -1.45. The van der Waals surface area contributed by atoms with Crippen molar-refractivity contribution >= 4 is 25.8 Å². The first-order chi connectivity index (χ1) is 12.2. The molecule has 0 spiro atoms. The molecule has 144 valence electrons. The fourth-order valence-electron chi connectivity index (χ4n) is 3.35. The van der Waals surface area contributed by atoms with Crippen molar-refractivity contribution in [1.82, 2.24) is 9.62 Å². The van der Waals surface area contributed by atoms with Crippen molar-refractivity contribution in [3.63, 3.8) is 0 Å². The van der Waals surface area contributed by atoms with Crippen molar-refractivity contribution in [2.75, 3.05) is 24.6 Å². The van der Waals surface area contributed by atoms with E-state index in [-0.39, 0.29) is 22.0 Å². The third-order valence-electron chi connectivity index (χ3n) is 5.04. The summed E-state index contributed by atoms with van der Waals surface area (Å²) in [7, 11) is -6.72. The molecule has 9 heteroatoms. The number of benzene rings is 1. The fourth-order valence-corrected chi connectivity index (χ4v) is 6.54. The van der Waals surface area contributed by atoms with Crippen LogP contribution in [0.3, 0.4) is 0 Å². The van der Waals surface area contributed by atoms with Crippen molar-refractivity contribution in [2.24, 2.45) is 5.92 Å². The largest absolute Gasteiger partial charge is 0.348 e. The van der Waals surface area contributed by atoms with Crippen LogP contribution in [-0.2, 0) is 19.9 Å². The maximum atomic E-state index is 12.8. The summed E-state index contributed by atoms with van der Waals surface area (Å²) < 4.78 is 50.1. The summed E-state index contributed by atoms with van der Waals surface area (Å²) in [5.41, 5.74) is 0.223. The summed E-state index contributed by atoms with van der Waals surface area (Å²) in [6, 6.07) is 5.52. The molecule has 1 N–H and O–H groups in total. The van der Waals surface area contributed by atoms with Gasteiger partial charge in [-0.15, -0.1) is 0 Å². The van der Waals surface area contributed by atoms with Crippen LogP contribution < -0.4 is 5.32 Å². The Morgan fingerprint density at radius 3 is 2.50 bits per heavy atom. The van der Waals surface area contributed by atoms with E-state index in [0.717, 1.165) is 12.8 Å². The lowest BCUT2D eigenvalue weighted by Gasteiger charge is -2.29. The molecule has 1 unspecified atom stereocenters. The molecular weight excluding hydrogens is 376 g/mol. The van der Waals surface area contributed by atoms with Crippen molar-refractivity contribution in [3.8, 4) is 0 Å². The van der Waals surface area contributed by atoms with Crippen LogP contribution >= 0.6 is 0 Å². The van der Waals surface area contributed by atoms with Gasteiger partial charge in [0.25, 0.3) is 5.91 Å². The van der Waals surface area contributed by atoms with Gasteiger partial charge in [0, 0.05) is 24.7 Å². The van der Waals surface area contributed by atoms with Gasteiger partial charge in [-0.2, -0.15) is 4.31 Å². The molecule has 1 atom stereocenters. The molecule has 7 nitrogen and oxygen atoms in total. The van der Waals surface area contributed by atoms with Crippen LogP contribution in [0, 0.1) is 5.92 Å². The lowest BCUT2D eigenvalue weighted by atomic mass is 10.0. The topological polar surface area (TPSA) is 101 Å². The number of rotatable bonds is 4. The quantitative estimate of drug-likeness (QED) is 0.813. The molecule has 2 aliphatic heterocycles. The number of sulfonamides is 1. The number of hydrogen-bond acceptors (Lipinski definition) is 5. The lowest BCUT2D eigenvalue weighted by molar-refractivity contribution is 0.0941. The molecule has 0 aliphatic carbocycles. The van der Waals surface area contributed by atoms with Gasteiger partial charge in [0.15, 0.2) is 9.84 Å². The van der Waals surface area contributed by atoms with Gasteiger partial charge in [-0.3, -0.25) is 4.79 Å². The monoisotopic (exact) mass is 400 g/mol. The van der Waals surface area contributed by atoms with Gasteiger partial charge in [0.05, 0.1) is 16.4 Å². The molecule has 0 saturated carbocycles. The molecule has 1 amide bonds. The zero-order chi connectivity index (χ0) is 18.9. The highest BCUT2D eigenvalue weighted by Gasteiger charge is 2.30. The Balaban J connectivity index is 1.74. The molecule has 0 aromatic heterocycles. The third-order valence-corrected chi connectivity index (χ3v) is 8.71. The molecule has 2 aliphatic rings. The fraction of sp³-hybridized carbons (Fsp3) is 0.588. The number of nitrogens with zero attached hydrogens (tertiary/aromatic N) is 1. The van der Waals surface area contributed by atoms with Crippen LogP contribution in [-0.4, -0.2) is 57.7 Å². The summed E-state index contributed by atoms with van der Waals surface area (Å²) in [4.78, 5) is 12.5. The summed E-state index contributed by atoms with van der Waals surface area (Å²) >= 11 is 0. The number of nitrogens with one attached hydrogen (secondary N) is 1. The van der Waals surface area contributed by atoms with Crippen molar-refractivity contribution < 1.29 is 21.6 Å². The minimum atomic E-state index is -3.63. The summed E-state index contributed by atoms with van der Waals surface area (Å²) in [5.74, 6) is 0.0697. The predicted molar refractivity (Wildman–Crippen MR) is 98.1 cm³/mol. The molecule has 0 radical (unpaired) electrons. The first-order valence-corrected chi connectivity index (χ1v) is 12.0. The van der Waals surface area contributed by atoms with Gasteiger partial charge < -0.3 is 5.32 Å². The van der Waals surface area contributed by atoms with Gasteiger partial charge in [-0.25, -0.2) is 16.8 Å². The van der Waals surface area contributed by atoms with Crippen LogP contribution in [0.2, 0.25) is 0 Å². The Labute approximate surface area is 154 Å². The van der Waals surface area contributed by atoms with E-state index < -0.39 is 31.8 Å². The first-order valence-electron chi connectivity index (χ1n) is 8.79. The van der Waals surface area contributed by atoms with E-state index in [9.17, 15) is 21.6 Å². The predicted octanol–water partition coefficient (Wildman–Crippen LogP) is 1.02. The normalized spacial score (nSPS) is 24.4. The van der Waals surface area contributed by atoms with Crippen LogP contribution in [0.1, 0.15) is 36.5 Å². The molecule has 26 heavy (non-hydrogen) atoms. The second-order valence-corrected chi connectivity index (χ2v) is 11.4. The molecule has 2 saturated heterocycles. The zero-order valence-electron chi connectivity index (χ0n) is 14.7. The molecule has 2 heterocycles. The maximum absolute atomic E-state index is 12.8. The minimum absolute atomic E-state index is 0.0668. The molecule has 0 bridgehead atoms. The van der Waals surface area contributed by atoms with E-state index in [2.05, 4.69) is 12.2 Å². The molecule has 3 rings (SSSR count). The zero-order valence-corrected chi connectivity index (χ0v) is 16.4. The first kappa shape index (κ1) is 19.3. The summed E-state index contributed by atoms with van der Waals surface area (Å²) in [5, 5.41) is 2.69. The highest BCUT2D eigenvalue weighted by molar-refractivity contribution is 7.91. The van der Waals surface area contributed by atoms with E-state index in [1.165, 1.54) is 22.5 Å². The highest BCUT2D eigenvalue weighted by Crippen LogP contribution is 2.24. The summed E-state index contributed by atoms with van der Waals surface area (Å²) in [6.07, 6.45) is 2.04. The Morgan fingerprint density at radius 1 is 1.19 bits per heavy atom. The number of amides is 1. The SMILES string of the molecule is CC1CCN(S(=O)(=O)c2cccc(C(=O)NC3CCS(=O)(=O)C3)c2)CC1. The number of hydrogen-bond donors (Lipinski definition) is 1. The minimum Gasteiger partial charge on any atom is -0.348 e. The number of piperidine rings is 1. The van der Waals surface area contributed by atoms with Crippen LogP contribution in [0.15, 0.2) is 29.2 Å². The van der Waals surface area contributed by atoms with Gasteiger partial charge in [0.1, 0.15) is 0 Å². The molecule has 1 aromatic rings. The number of sulfone groups is 1.